The SMILES string of the molecule is Cc1n[nH]c(C)c1C(C)CC(=O)NCCN1CC(C)OC(C)C1. The fourth-order valence-electron chi connectivity index (χ4n) is 3.56. The molecule has 23 heavy (non-hydrogen) atoms. The van der Waals surface area contributed by atoms with Crippen LogP contribution in [0, 0.1) is 13.8 Å². The fourth-order valence-corrected chi connectivity index (χ4v) is 3.56. The van der Waals surface area contributed by atoms with Gasteiger partial charge in [0.2, 0.25) is 5.91 Å². The summed E-state index contributed by atoms with van der Waals surface area (Å²) in [6.45, 7) is 13.7. The second-order valence-electron chi connectivity index (χ2n) is 6.82. The van der Waals surface area contributed by atoms with Crippen molar-refractivity contribution >= 4 is 5.91 Å². The number of H-pyrrole nitrogens is 1. The summed E-state index contributed by atoms with van der Waals surface area (Å²) >= 11 is 0. The Morgan fingerprint density at radius 3 is 2.61 bits per heavy atom. The van der Waals surface area contributed by atoms with Gasteiger partial charge in [-0.1, -0.05) is 6.92 Å². The summed E-state index contributed by atoms with van der Waals surface area (Å²) in [7, 11) is 0. The van der Waals surface area contributed by atoms with Crippen molar-refractivity contribution < 1.29 is 9.53 Å². The number of aryl methyl sites for hydroxylation is 2. The van der Waals surface area contributed by atoms with E-state index in [9.17, 15) is 4.79 Å². The van der Waals surface area contributed by atoms with Crippen molar-refractivity contribution in [3.63, 3.8) is 0 Å². The first-order valence-electron chi connectivity index (χ1n) is 8.52. The molecule has 3 unspecified atom stereocenters. The van der Waals surface area contributed by atoms with Crippen molar-refractivity contribution in [3.8, 4) is 0 Å². The van der Waals surface area contributed by atoms with Crippen LogP contribution >= 0.6 is 0 Å². The molecular weight excluding hydrogens is 292 g/mol. The Kier molecular flexibility index (Phi) is 6.18. The van der Waals surface area contributed by atoms with E-state index in [4.69, 9.17) is 4.74 Å². The Balaban J connectivity index is 1.73. The fraction of sp³-hybridized carbons (Fsp3) is 0.765. The molecule has 2 heterocycles. The molecule has 130 valence electrons. The van der Waals surface area contributed by atoms with E-state index in [-0.39, 0.29) is 24.0 Å². The van der Waals surface area contributed by atoms with Crippen LogP contribution in [0.3, 0.4) is 0 Å². The number of morpholine rings is 1. The van der Waals surface area contributed by atoms with Crippen LogP contribution < -0.4 is 5.32 Å². The molecule has 0 spiro atoms. The van der Waals surface area contributed by atoms with Gasteiger partial charge in [-0.15, -0.1) is 0 Å². The first kappa shape index (κ1) is 17.9. The van der Waals surface area contributed by atoms with E-state index < -0.39 is 0 Å². The normalized spacial score (nSPS) is 23.7. The lowest BCUT2D eigenvalue weighted by Gasteiger charge is -2.35. The highest BCUT2D eigenvalue weighted by Crippen LogP contribution is 2.24. The second-order valence-corrected chi connectivity index (χ2v) is 6.82. The Labute approximate surface area is 139 Å². The third-order valence-electron chi connectivity index (χ3n) is 4.41. The van der Waals surface area contributed by atoms with Crippen molar-refractivity contribution in [2.24, 2.45) is 0 Å². The van der Waals surface area contributed by atoms with E-state index in [1.807, 2.05) is 13.8 Å². The maximum Gasteiger partial charge on any atom is 0.220 e. The minimum Gasteiger partial charge on any atom is -0.373 e. The average molecular weight is 322 g/mol. The minimum atomic E-state index is 0.104. The van der Waals surface area contributed by atoms with E-state index in [1.165, 1.54) is 0 Å². The highest BCUT2D eigenvalue weighted by Gasteiger charge is 2.22. The molecule has 1 aromatic rings. The third-order valence-corrected chi connectivity index (χ3v) is 4.41. The van der Waals surface area contributed by atoms with Gasteiger partial charge in [0.05, 0.1) is 17.9 Å². The third kappa shape index (κ3) is 5.04. The zero-order valence-corrected chi connectivity index (χ0v) is 15.0. The molecule has 1 amide bonds. The predicted molar refractivity (Wildman–Crippen MR) is 90.6 cm³/mol. The summed E-state index contributed by atoms with van der Waals surface area (Å²) in [6.07, 6.45) is 1.03. The zero-order chi connectivity index (χ0) is 17.0. The van der Waals surface area contributed by atoms with Crippen LogP contribution in [0.25, 0.3) is 0 Å². The van der Waals surface area contributed by atoms with Gasteiger partial charge in [-0.25, -0.2) is 0 Å². The van der Waals surface area contributed by atoms with Crippen LogP contribution in [-0.2, 0) is 9.53 Å². The van der Waals surface area contributed by atoms with Gasteiger partial charge in [-0.05, 0) is 39.2 Å². The summed E-state index contributed by atoms with van der Waals surface area (Å²) in [5.74, 6) is 0.282. The summed E-state index contributed by atoms with van der Waals surface area (Å²) in [4.78, 5) is 14.5. The molecule has 1 aliphatic rings. The maximum atomic E-state index is 12.2. The summed E-state index contributed by atoms with van der Waals surface area (Å²) in [5, 5.41) is 10.2. The van der Waals surface area contributed by atoms with Gasteiger partial charge in [0, 0.05) is 38.3 Å². The molecule has 0 bridgehead atoms. The number of hydrogen-bond donors (Lipinski definition) is 2. The lowest BCUT2D eigenvalue weighted by Crippen LogP contribution is -2.47. The van der Waals surface area contributed by atoms with Crippen molar-refractivity contribution in [1.29, 1.82) is 0 Å². The van der Waals surface area contributed by atoms with Gasteiger partial charge < -0.3 is 10.1 Å². The highest BCUT2D eigenvalue weighted by atomic mass is 16.5. The molecule has 0 aromatic carbocycles. The molecule has 1 fully saturated rings. The first-order valence-corrected chi connectivity index (χ1v) is 8.52. The van der Waals surface area contributed by atoms with E-state index in [0.29, 0.717) is 13.0 Å². The summed E-state index contributed by atoms with van der Waals surface area (Å²) in [5.41, 5.74) is 3.20. The zero-order valence-electron chi connectivity index (χ0n) is 15.0. The Bertz CT molecular complexity index is 499. The highest BCUT2D eigenvalue weighted by molar-refractivity contribution is 5.76. The van der Waals surface area contributed by atoms with Gasteiger partial charge in [0.1, 0.15) is 0 Å². The molecular formula is C17H30N4O2. The summed E-state index contributed by atoms with van der Waals surface area (Å²) in [6, 6.07) is 0. The quantitative estimate of drug-likeness (QED) is 0.837. The van der Waals surface area contributed by atoms with Crippen LogP contribution in [0.4, 0.5) is 0 Å². The van der Waals surface area contributed by atoms with E-state index >= 15 is 0 Å². The van der Waals surface area contributed by atoms with Crippen LogP contribution in [0.15, 0.2) is 0 Å². The van der Waals surface area contributed by atoms with Crippen molar-refractivity contribution in [3.05, 3.63) is 17.0 Å². The monoisotopic (exact) mass is 322 g/mol. The molecule has 0 radical (unpaired) electrons. The van der Waals surface area contributed by atoms with E-state index in [0.717, 1.165) is 36.6 Å². The van der Waals surface area contributed by atoms with Crippen LogP contribution in [-0.4, -0.2) is 59.4 Å². The number of ether oxygens (including phenoxy) is 1. The number of carbonyl (C=O) groups is 1. The largest absolute Gasteiger partial charge is 0.373 e. The van der Waals surface area contributed by atoms with Gasteiger partial charge >= 0.3 is 0 Å². The van der Waals surface area contributed by atoms with Crippen molar-refractivity contribution in [2.45, 2.75) is 59.2 Å². The lowest BCUT2D eigenvalue weighted by molar-refractivity contribution is -0.121. The first-order chi connectivity index (χ1) is 10.9. The second kappa shape index (κ2) is 7.93. The molecule has 2 N–H and O–H groups in total. The Morgan fingerprint density at radius 2 is 2.04 bits per heavy atom. The van der Waals surface area contributed by atoms with Crippen LogP contribution in [0.2, 0.25) is 0 Å². The smallest absolute Gasteiger partial charge is 0.220 e. The van der Waals surface area contributed by atoms with Gasteiger partial charge in [-0.3, -0.25) is 14.8 Å². The molecule has 1 aromatic heterocycles. The number of carbonyl (C=O) groups excluding carboxylic acids is 1. The predicted octanol–water partition coefficient (Wildman–Crippen LogP) is 1.75. The van der Waals surface area contributed by atoms with Gasteiger partial charge in [0.25, 0.3) is 0 Å². The number of nitrogens with zero attached hydrogens (tertiary/aromatic N) is 2. The molecule has 6 heteroatoms. The number of amides is 1. The molecule has 1 aliphatic heterocycles. The topological polar surface area (TPSA) is 70.2 Å². The maximum absolute atomic E-state index is 12.2. The van der Waals surface area contributed by atoms with Crippen molar-refractivity contribution in [1.82, 2.24) is 20.4 Å². The molecule has 1 saturated heterocycles. The molecule has 0 aliphatic carbocycles. The number of rotatable bonds is 6. The van der Waals surface area contributed by atoms with E-state index in [2.05, 4.69) is 41.2 Å². The number of hydrogen-bond acceptors (Lipinski definition) is 4. The standard InChI is InChI=1S/C17H30N4O2/c1-11(17-14(4)19-20-15(17)5)8-16(22)18-6-7-21-9-12(2)23-13(3)10-21/h11-13H,6-10H2,1-5H3,(H,18,22)(H,19,20). The number of aromatic amines is 1. The number of nitrogens with one attached hydrogen (secondary N) is 2. The van der Waals surface area contributed by atoms with E-state index in [1.54, 1.807) is 0 Å². The summed E-state index contributed by atoms with van der Waals surface area (Å²) < 4.78 is 5.72. The minimum absolute atomic E-state index is 0.104. The van der Waals surface area contributed by atoms with Crippen LogP contribution in [0.5, 0.6) is 0 Å². The van der Waals surface area contributed by atoms with Crippen LogP contribution in [0.1, 0.15) is 50.1 Å². The molecule has 3 atom stereocenters. The Hall–Kier alpha value is -1.40. The average Bonchev–Trinajstić information content (AvgIpc) is 2.77. The molecule has 6 nitrogen and oxygen atoms in total. The molecule has 0 saturated carbocycles. The lowest BCUT2D eigenvalue weighted by atomic mass is 9.95. The van der Waals surface area contributed by atoms with Gasteiger partial charge in [-0.2, -0.15) is 5.10 Å². The Morgan fingerprint density at radius 1 is 1.39 bits per heavy atom. The van der Waals surface area contributed by atoms with Gasteiger partial charge in [0.15, 0.2) is 0 Å². The van der Waals surface area contributed by atoms with Crippen molar-refractivity contribution in [2.75, 3.05) is 26.2 Å². The molecule has 2 rings (SSSR count). The number of aromatic nitrogens is 2.